The molecule has 0 saturated carbocycles. The van der Waals surface area contributed by atoms with Gasteiger partial charge in [-0.05, 0) is 6.07 Å². The van der Waals surface area contributed by atoms with E-state index in [1.807, 2.05) is 0 Å². The first-order valence-electron chi connectivity index (χ1n) is 4.64. The first-order chi connectivity index (χ1) is 7.79. The fourth-order valence-electron chi connectivity index (χ4n) is 1.14. The Balaban J connectivity index is 2.55. The lowest BCUT2D eigenvalue weighted by Gasteiger charge is -2.06. The average molecular weight is 268 g/mol. The zero-order valence-corrected chi connectivity index (χ0v) is 9.53. The number of benzene rings is 1. The van der Waals surface area contributed by atoms with Crippen LogP contribution in [-0.2, 0) is 16.6 Å². The summed E-state index contributed by atoms with van der Waals surface area (Å²) in [5, 5.41) is 7.29. The molecule has 0 unspecified atom stereocenters. The van der Waals surface area contributed by atoms with Crippen LogP contribution in [-0.4, -0.2) is 20.7 Å². The van der Waals surface area contributed by atoms with Gasteiger partial charge in [-0.25, -0.2) is 26.7 Å². The van der Waals surface area contributed by atoms with Crippen LogP contribution in [0.15, 0.2) is 12.1 Å². The number of nitrogens with one attached hydrogen (secondary N) is 1. The molecule has 0 fully saturated rings. The first-order valence-corrected chi connectivity index (χ1v) is 6.36. The fraction of sp³-hybridized carbons (Fsp3) is 0.333. The van der Waals surface area contributed by atoms with Gasteiger partial charge in [-0.2, -0.15) is 0 Å². The van der Waals surface area contributed by atoms with Crippen molar-refractivity contribution in [3.8, 4) is 0 Å². The Morgan fingerprint density at radius 3 is 2.29 bits per heavy atom. The Morgan fingerprint density at radius 2 is 1.71 bits per heavy atom. The van der Waals surface area contributed by atoms with Crippen LogP contribution in [0.2, 0.25) is 0 Å². The van der Waals surface area contributed by atoms with Gasteiger partial charge in [0.2, 0.25) is 10.0 Å². The second kappa shape index (κ2) is 5.48. The van der Waals surface area contributed by atoms with Crippen LogP contribution in [0.25, 0.3) is 0 Å². The van der Waals surface area contributed by atoms with Gasteiger partial charge in [-0.3, -0.25) is 0 Å². The van der Waals surface area contributed by atoms with E-state index in [4.69, 9.17) is 5.14 Å². The van der Waals surface area contributed by atoms with E-state index in [9.17, 15) is 21.6 Å². The van der Waals surface area contributed by atoms with Crippen molar-refractivity contribution in [3.63, 3.8) is 0 Å². The molecule has 4 nitrogen and oxygen atoms in total. The Morgan fingerprint density at radius 1 is 1.12 bits per heavy atom. The molecule has 1 aromatic carbocycles. The number of hydrogen-bond donors (Lipinski definition) is 2. The van der Waals surface area contributed by atoms with Gasteiger partial charge in [-0.15, -0.1) is 0 Å². The van der Waals surface area contributed by atoms with E-state index in [0.717, 1.165) is 0 Å². The lowest BCUT2D eigenvalue weighted by molar-refractivity contribution is 0.487. The van der Waals surface area contributed by atoms with Crippen LogP contribution in [0.5, 0.6) is 0 Å². The minimum absolute atomic E-state index is 0.00271. The largest absolute Gasteiger partial charge is 0.312 e. The summed E-state index contributed by atoms with van der Waals surface area (Å²) in [5.74, 6) is -3.64. The van der Waals surface area contributed by atoms with Gasteiger partial charge < -0.3 is 5.32 Å². The molecule has 17 heavy (non-hydrogen) atoms. The third-order valence-corrected chi connectivity index (χ3v) is 2.74. The molecule has 1 aromatic rings. The molecule has 8 heteroatoms. The molecule has 0 heterocycles. The fourth-order valence-corrected chi connectivity index (χ4v) is 1.57. The minimum atomic E-state index is -3.59. The van der Waals surface area contributed by atoms with Crippen LogP contribution in [0.3, 0.4) is 0 Å². The number of rotatable bonds is 5. The summed E-state index contributed by atoms with van der Waals surface area (Å²) in [4.78, 5) is 0. The molecule has 0 amide bonds. The molecule has 0 aliphatic carbocycles. The van der Waals surface area contributed by atoms with E-state index in [1.165, 1.54) is 0 Å². The van der Waals surface area contributed by atoms with Crippen molar-refractivity contribution in [2.24, 2.45) is 5.14 Å². The minimum Gasteiger partial charge on any atom is -0.312 e. The highest BCUT2D eigenvalue weighted by Crippen LogP contribution is 2.13. The quantitative estimate of drug-likeness (QED) is 0.602. The van der Waals surface area contributed by atoms with Crippen LogP contribution < -0.4 is 10.5 Å². The molecular formula is C9H11F3N2O2S. The average Bonchev–Trinajstić information content (AvgIpc) is 2.18. The number of hydrogen-bond acceptors (Lipinski definition) is 3. The van der Waals surface area contributed by atoms with Crippen LogP contribution >= 0.6 is 0 Å². The summed E-state index contributed by atoms with van der Waals surface area (Å²) in [7, 11) is -3.59. The molecule has 0 radical (unpaired) electrons. The summed E-state index contributed by atoms with van der Waals surface area (Å²) >= 11 is 0. The zero-order chi connectivity index (χ0) is 13.1. The normalized spacial score (nSPS) is 11.8. The SMILES string of the molecule is NS(=O)(=O)CCNCc1cc(F)c(F)cc1F. The zero-order valence-electron chi connectivity index (χ0n) is 8.71. The second-order valence-corrected chi connectivity index (χ2v) is 5.14. The third-order valence-electron chi connectivity index (χ3n) is 1.97. The molecule has 0 spiro atoms. The molecular weight excluding hydrogens is 257 g/mol. The van der Waals surface area contributed by atoms with Gasteiger partial charge in [0.05, 0.1) is 5.75 Å². The van der Waals surface area contributed by atoms with Gasteiger partial charge in [0.25, 0.3) is 0 Å². The molecule has 0 aromatic heterocycles. The Bertz CT molecular complexity index is 505. The smallest absolute Gasteiger partial charge is 0.210 e. The highest BCUT2D eigenvalue weighted by molar-refractivity contribution is 7.89. The van der Waals surface area contributed by atoms with E-state index in [0.29, 0.717) is 12.1 Å². The van der Waals surface area contributed by atoms with Gasteiger partial charge in [0.15, 0.2) is 11.6 Å². The Hall–Kier alpha value is -1.12. The molecule has 96 valence electrons. The number of primary sulfonamides is 1. The summed E-state index contributed by atoms with van der Waals surface area (Å²) in [6, 6.07) is 1.15. The predicted molar refractivity (Wildman–Crippen MR) is 56.0 cm³/mol. The summed E-state index contributed by atoms with van der Waals surface area (Å²) in [6.45, 7) is -0.115. The maximum Gasteiger partial charge on any atom is 0.210 e. The van der Waals surface area contributed by atoms with E-state index in [2.05, 4.69) is 5.32 Å². The standard InChI is InChI=1S/C9H11F3N2O2S/c10-7-4-9(12)8(11)3-6(7)5-14-1-2-17(13,15)16/h3-4,14H,1-2,5H2,(H2,13,15,16). The first kappa shape index (κ1) is 13.9. The lowest BCUT2D eigenvalue weighted by atomic mass is 10.2. The van der Waals surface area contributed by atoms with Gasteiger partial charge in [0.1, 0.15) is 5.82 Å². The van der Waals surface area contributed by atoms with Crippen molar-refractivity contribution in [1.29, 1.82) is 0 Å². The van der Waals surface area contributed by atoms with Crippen molar-refractivity contribution in [1.82, 2.24) is 5.32 Å². The Labute approximate surface area is 96.7 Å². The van der Waals surface area contributed by atoms with Crippen LogP contribution in [0.4, 0.5) is 13.2 Å². The summed E-state index contributed by atoms with van der Waals surface area (Å²) in [5.41, 5.74) is -0.0849. The monoisotopic (exact) mass is 268 g/mol. The maximum absolute atomic E-state index is 13.1. The molecule has 1 rings (SSSR count). The summed E-state index contributed by atoms with van der Waals surface area (Å²) in [6.07, 6.45) is 0. The van der Waals surface area contributed by atoms with E-state index < -0.39 is 27.5 Å². The Kier molecular flexibility index (Phi) is 4.49. The molecule has 0 aliphatic rings. The maximum atomic E-state index is 13.1. The summed E-state index contributed by atoms with van der Waals surface area (Å²) < 4.78 is 59.6. The van der Waals surface area contributed by atoms with E-state index >= 15 is 0 Å². The van der Waals surface area contributed by atoms with Crippen LogP contribution in [0.1, 0.15) is 5.56 Å². The van der Waals surface area contributed by atoms with Crippen molar-refractivity contribution in [2.75, 3.05) is 12.3 Å². The van der Waals surface area contributed by atoms with Crippen LogP contribution in [0, 0.1) is 17.5 Å². The number of nitrogens with two attached hydrogens (primary N) is 1. The predicted octanol–water partition coefficient (Wildman–Crippen LogP) is 0.482. The third kappa shape index (κ3) is 4.72. The second-order valence-electron chi connectivity index (χ2n) is 3.40. The van der Waals surface area contributed by atoms with Gasteiger partial charge in [-0.1, -0.05) is 0 Å². The topological polar surface area (TPSA) is 72.2 Å². The van der Waals surface area contributed by atoms with Crippen molar-refractivity contribution in [3.05, 3.63) is 35.1 Å². The van der Waals surface area contributed by atoms with Gasteiger partial charge in [0, 0.05) is 24.7 Å². The lowest BCUT2D eigenvalue weighted by Crippen LogP contribution is -2.27. The molecule has 3 N–H and O–H groups in total. The van der Waals surface area contributed by atoms with Crippen molar-refractivity contribution >= 4 is 10.0 Å². The molecule has 0 atom stereocenters. The highest BCUT2D eigenvalue weighted by Gasteiger charge is 2.09. The van der Waals surface area contributed by atoms with Gasteiger partial charge >= 0.3 is 0 Å². The number of sulfonamides is 1. The number of halogens is 3. The molecule has 0 bridgehead atoms. The van der Waals surface area contributed by atoms with E-state index in [-0.39, 0.29) is 24.4 Å². The molecule has 0 aliphatic heterocycles. The highest BCUT2D eigenvalue weighted by atomic mass is 32.2. The van der Waals surface area contributed by atoms with E-state index in [1.54, 1.807) is 0 Å². The van der Waals surface area contributed by atoms with Crippen molar-refractivity contribution < 1.29 is 21.6 Å². The molecule has 0 saturated heterocycles. The van der Waals surface area contributed by atoms with Crippen molar-refractivity contribution in [2.45, 2.75) is 6.54 Å².